The van der Waals surface area contributed by atoms with Crippen LogP contribution in [0, 0.1) is 0 Å². The van der Waals surface area contributed by atoms with Crippen LogP contribution in [0.15, 0.2) is 12.4 Å². The highest BCUT2D eigenvalue weighted by molar-refractivity contribution is 5.68. The third kappa shape index (κ3) is 1.05. The Kier molecular flexibility index (Phi) is 1.53. The van der Waals surface area contributed by atoms with E-state index in [0.717, 1.165) is 23.3 Å². The predicted octanol–water partition coefficient (Wildman–Crippen LogP) is 0.926. The topological polar surface area (TPSA) is 43.6 Å². The fourth-order valence-electron chi connectivity index (χ4n) is 1.11. The van der Waals surface area contributed by atoms with Gasteiger partial charge in [-0.2, -0.15) is 5.10 Å². The minimum atomic E-state index is 0.733. The van der Waals surface area contributed by atoms with Crippen LogP contribution < -0.4 is 0 Å². The molecule has 2 heterocycles. The Bertz CT molecular complexity index is 404. The van der Waals surface area contributed by atoms with E-state index in [4.69, 9.17) is 0 Å². The Morgan fingerprint density at radius 1 is 1.50 bits per heavy atom. The average molecular weight is 162 g/mol. The van der Waals surface area contributed by atoms with E-state index in [-0.39, 0.29) is 0 Å². The summed E-state index contributed by atoms with van der Waals surface area (Å²) in [5.74, 6) is 0. The van der Waals surface area contributed by atoms with Crippen LogP contribution >= 0.6 is 0 Å². The summed E-state index contributed by atoms with van der Waals surface area (Å²) in [6.45, 7) is 2.05. The maximum absolute atomic E-state index is 4.32. The van der Waals surface area contributed by atoms with Crippen LogP contribution in [-0.2, 0) is 13.5 Å². The van der Waals surface area contributed by atoms with E-state index in [0.29, 0.717) is 0 Å². The van der Waals surface area contributed by atoms with Crippen LogP contribution in [0.5, 0.6) is 0 Å². The van der Waals surface area contributed by atoms with E-state index in [1.807, 2.05) is 13.2 Å². The van der Waals surface area contributed by atoms with Gasteiger partial charge in [-0.25, -0.2) is 9.97 Å². The second-order valence-corrected chi connectivity index (χ2v) is 2.73. The molecule has 2 rings (SSSR count). The Balaban J connectivity index is 2.66. The summed E-state index contributed by atoms with van der Waals surface area (Å²) in [6.07, 6.45) is 4.56. The first-order valence-corrected chi connectivity index (χ1v) is 3.95. The summed E-state index contributed by atoms with van der Waals surface area (Å²) in [7, 11) is 1.87. The van der Waals surface area contributed by atoms with Crippen molar-refractivity contribution in [2.24, 2.45) is 7.05 Å². The van der Waals surface area contributed by atoms with Gasteiger partial charge in [-0.3, -0.25) is 4.68 Å². The molecule has 0 radical (unpaired) electrons. The Morgan fingerprint density at radius 3 is 3.08 bits per heavy atom. The first-order valence-electron chi connectivity index (χ1n) is 3.95. The summed E-state index contributed by atoms with van der Waals surface area (Å²) in [4.78, 5) is 8.55. The molecule has 2 aromatic heterocycles. The summed E-state index contributed by atoms with van der Waals surface area (Å²) < 4.78 is 1.73. The zero-order chi connectivity index (χ0) is 8.55. The normalized spacial score (nSPS) is 10.8. The molecule has 0 aliphatic heterocycles. The van der Waals surface area contributed by atoms with E-state index in [9.17, 15) is 0 Å². The maximum atomic E-state index is 4.32. The Labute approximate surface area is 70.3 Å². The molecular weight excluding hydrogens is 152 g/mol. The van der Waals surface area contributed by atoms with Gasteiger partial charge < -0.3 is 0 Å². The second kappa shape index (κ2) is 2.55. The minimum absolute atomic E-state index is 0.733. The lowest BCUT2D eigenvalue weighted by Crippen LogP contribution is -1.90. The lowest BCUT2D eigenvalue weighted by Gasteiger charge is -1.91. The zero-order valence-corrected chi connectivity index (χ0v) is 7.15. The van der Waals surface area contributed by atoms with Crippen molar-refractivity contribution in [2.45, 2.75) is 13.3 Å². The summed E-state index contributed by atoms with van der Waals surface area (Å²) in [5, 5.41) is 4.16. The molecule has 0 atom stereocenters. The number of nitrogens with zero attached hydrogens (tertiary/aromatic N) is 4. The fourth-order valence-corrected chi connectivity index (χ4v) is 1.11. The van der Waals surface area contributed by atoms with Crippen molar-refractivity contribution in [3.63, 3.8) is 0 Å². The van der Waals surface area contributed by atoms with E-state index in [1.165, 1.54) is 0 Å². The third-order valence-electron chi connectivity index (χ3n) is 1.76. The van der Waals surface area contributed by atoms with Gasteiger partial charge in [0.15, 0.2) is 5.65 Å². The second-order valence-electron chi connectivity index (χ2n) is 2.73. The van der Waals surface area contributed by atoms with Crippen molar-refractivity contribution in [3.8, 4) is 0 Å². The van der Waals surface area contributed by atoms with Crippen LogP contribution in [0.4, 0.5) is 0 Å². The molecule has 12 heavy (non-hydrogen) atoms. The van der Waals surface area contributed by atoms with Gasteiger partial charge in [0.05, 0.1) is 11.9 Å². The number of aromatic nitrogens is 4. The van der Waals surface area contributed by atoms with Gasteiger partial charge in [0.1, 0.15) is 5.52 Å². The quantitative estimate of drug-likeness (QED) is 0.626. The van der Waals surface area contributed by atoms with Crippen molar-refractivity contribution in [3.05, 3.63) is 18.1 Å². The average Bonchev–Trinajstić information content (AvgIpc) is 2.43. The summed E-state index contributed by atoms with van der Waals surface area (Å²) in [6, 6.07) is 0. The molecule has 62 valence electrons. The van der Waals surface area contributed by atoms with Gasteiger partial charge in [-0.05, 0) is 6.42 Å². The summed E-state index contributed by atoms with van der Waals surface area (Å²) in [5.41, 5.74) is 2.58. The molecule has 0 aliphatic rings. The van der Waals surface area contributed by atoms with Crippen molar-refractivity contribution < 1.29 is 0 Å². The highest BCUT2D eigenvalue weighted by Crippen LogP contribution is 2.05. The molecule has 0 aromatic carbocycles. The molecule has 0 unspecified atom stereocenters. The van der Waals surface area contributed by atoms with Crippen LogP contribution in [0.2, 0.25) is 0 Å². The van der Waals surface area contributed by atoms with Crippen LogP contribution in [0.25, 0.3) is 11.2 Å². The molecule has 2 aromatic rings. The van der Waals surface area contributed by atoms with E-state index < -0.39 is 0 Å². The lowest BCUT2D eigenvalue weighted by molar-refractivity contribution is 0.774. The molecule has 4 nitrogen and oxygen atoms in total. The largest absolute Gasteiger partial charge is 0.271 e. The number of rotatable bonds is 1. The van der Waals surface area contributed by atoms with Crippen molar-refractivity contribution in [1.82, 2.24) is 19.7 Å². The standard InChI is InChI=1S/C8H10N4/c1-3-6-4-9-7-5-12(2)11-8(7)10-6/h4-5H,3H2,1-2H3. The Hall–Kier alpha value is -1.45. The molecule has 0 aliphatic carbocycles. The van der Waals surface area contributed by atoms with Crippen LogP contribution in [0.3, 0.4) is 0 Å². The van der Waals surface area contributed by atoms with Gasteiger partial charge >= 0.3 is 0 Å². The molecular formula is C8H10N4. The number of aryl methyl sites for hydroxylation is 2. The zero-order valence-electron chi connectivity index (χ0n) is 7.15. The SMILES string of the molecule is CCc1cnc2cn(C)nc2n1. The van der Waals surface area contributed by atoms with E-state index >= 15 is 0 Å². The minimum Gasteiger partial charge on any atom is -0.271 e. The van der Waals surface area contributed by atoms with Crippen molar-refractivity contribution >= 4 is 11.2 Å². The predicted molar refractivity (Wildman–Crippen MR) is 45.7 cm³/mol. The van der Waals surface area contributed by atoms with Gasteiger partial charge in [0, 0.05) is 13.2 Å². The smallest absolute Gasteiger partial charge is 0.200 e. The van der Waals surface area contributed by atoms with Gasteiger partial charge in [0.25, 0.3) is 0 Å². The monoisotopic (exact) mass is 162 g/mol. The Morgan fingerprint density at radius 2 is 2.33 bits per heavy atom. The van der Waals surface area contributed by atoms with Gasteiger partial charge in [-0.1, -0.05) is 6.92 Å². The molecule has 0 saturated carbocycles. The molecule has 0 spiro atoms. The number of fused-ring (bicyclic) bond motifs is 1. The molecule has 0 saturated heterocycles. The van der Waals surface area contributed by atoms with E-state index in [1.54, 1.807) is 10.9 Å². The molecule has 0 fully saturated rings. The van der Waals surface area contributed by atoms with Crippen molar-refractivity contribution in [1.29, 1.82) is 0 Å². The van der Waals surface area contributed by atoms with Crippen molar-refractivity contribution in [2.75, 3.05) is 0 Å². The highest BCUT2D eigenvalue weighted by Gasteiger charge is 2.00. The molecule has 0 N–H and O–H groups in total. The first kappa shape index (κ1) is 7.21. The molecule has 4 heteroatoms. The summed E-state index contributed by atoms with van der Waals surface area (Å²) >= 11 is 0. The third-order valence-corrected chi connectivity index (χ3v) is 1.76. The highest BCUT2D eigenvalue weighted by atomic mass is 15.3. The fraction of sp³-hybridized carbons (Fsp3) is 0.375. The van der Waals surface area contributed by atoms with E-state index in [2.05, 4.69) is 22.0 Å². The van der Waals surface area contributed by atoms with Gasteiger partial charge in [0.2, 0.25) is 0 Å². The maximum Gasteiger partial charge on any atom is 0.200 e. The van der Waals surface area contributed by atoms with Crippen LogP contribution in [0.1, 0.15) is 12.6 Å². The number of hydrogen-bond donors (Lipinski definition) is 0. The molecule has 0 bridgehead atoms. The molecule has 0 amide bonds. The number of hydrogen-bond acceptors (Lipinski definition) is 3. The van der Waals surface area contributed by atoms with Gasteiger partial charge in [-0.15, -0.1) is 0 Å². The lowest BCUT2D eigenvalue weighted by atomic mass is 10.3. The van der Waals surface area contributed by atoms with Crippen LogP contribution in [-0.4, -0.2) is 19.7 Å². The first-order chi connectivity index (χ1) is 5.79.